The Morgan fingerprint density at radius 3 is 2.53 bits per heavy atom. The van der Waals surface area contributed by atoms with Gasteiger partial charge < -0.3 is 16.0 Å². The van der Waals surface area contributed by atoms with Gasteiger partial charge in [-0.1, -0.05) is 13.3 Å². The third kappa shape index (κ3) is 4.64. The quantitative estimate of drug-likeness (QED) is 0.702. The van der Waals surface area contributed by atoms with Crippen LogP contribution < -0.4 is 11.1 Å². The van der Waals surface area contributed by atoms with E-state index in [1.165, 1.54) is 32.4 Å². The molecule has 3 N–H and O–H groups in total. The van der Waals surface area contributed by atoms with E-state index < -0.39 is 5.54 Å². The molecule has 0 saturated carbocycles. The Hall–Kier alpha value is -0.610. The van der Waals surface area contributed by atoms with Crippen molar-refractivity contribution in [2.75, 3.05) is 26.2 Å². The average molecular weight is 241 g/mol. The van der Waals surface area contributed by atoms with E-state index in [2.05, 4.69) is 10.2 Å². The smallest absolute Gasteiger partial charge is 0.237 e. The minimum Gasteiger partial charge on any atom is -0.368 e. The number of amides is 1. The predicted molar refractivity (Wildman–Crippen MR) is 70.8 cm³/mol. The molecular weight excluding hydrogens is 214 g/mol. The summed E-state index contributed by atoms with van der Waals surface area (Å²) in [7, 11) is 0. The number of rotatable bonds is 7. The molecule has 0 spiro atoms. The Morgan fingerprint density at radius 1 is 1.35 bits per heavy atom. The highest BCUT2D eigenvalue weighted by Crippen LogP contribution is 2.14. The van der Waals surface area contributed by atoms with Crippen LogP contribution in [0, 0.1) is 0 Å². The first-order valence-corrected chi connectivity index (χ1v) is 6.86. The summed E-state index contributed by atoms with van der Waals surface area (Å²) in [6, 6.07) is 0. The summed E-state index contributed by atoms with van der Waals surface area (Å²) >= 11 is 0. The standard InChI is InChI=1S/C13H27N3O/c1-3-15-13(2,12(14)17)8-7-11-16-9-5-4-6-10-16/h15H,3-11H2,1-2H3,(H2,14,17). The normalized spacial score (nSPS) is 21.1. The summed E-state index contributed by atoms with van der Waals surface area (Å²) in [5, 5.41) is 3.20. The van der Waals surface area contributed by atoms with Crippen LogP contribution in [-0.4, -0.2) is 42.5 Å². The minimum atomic E-state index is -0.537. The molecule has 0 radical (unpaired) electrons. The fourth-order valence-corrected chi connectivity index (χ4v) is 2.53. The van der Waals surface area contributed by atoms with E-state index in [1.54, 1.807) is 0 Å². The molecule has 1 fully saturated rings. The van der Waals surface area contributed by atoms with Crippen molar-refractivity contribution in [3.8, 4) is 0 Å². The molecule has 100 valence electrons. The first-order valence-electron chi connectivity index (χ1n) is 6.86. The average Bonchev–Trinajstić information content (AvgIpc) is 2.30. The van der Waals surface area contributed by atoms with Crippen molar-refractivity contribution in [2.24, 2.45) is 5.73 Å². The largest absolute Gasteiger partial charge is 0.368 e. The maximum Gasteiger partial charge on any atom is 0.237 e. The Morgan fingerprint density at radius 2 is 2.00 bits per heavy atom. The minimum absolute atomic E-state index is 0.238. The van der Waals surface area contributed by atoms with Gasteiger partial charge in [-0.3, -0.25) is 4.79 Å². The zero-order chi connectivity index (χ0) is 12.7. The zero-order valence-electron chi connectivity index (χ0n) is 11.3. The summed E-state index contributed by atoms with van der Waals surface area (Å²) in [5.41, 5.74) is 4.92. The Labute approximate surface area is 105 Å². The monoisotopic (exact) mass is 241 g/mol. The van der Waals surface area contributed by atoms with Crippen LogP contribution in [-0.2, 0) is 4.79 Å². The summed E-state index contributed by atoms with van der Waals surface area (Å²) in [5.74, 6) is -0.238. The van der Waals surface area contributed by atoms with Gasteiger partial charge >= 0.3 is 0 Å². The number of piperidine rings is 1. The van der Waals surface area contributed by atoms with E-state index in [9.17, 15) is 4.79 Å². The van der Waals surface area contributed by atoms with Crippen LogP contribution in [0.2, 0.25) is 0 Å². The summed E-state index contributed by atoms with van der Waals surface area (Å²) in [4.78, 5) is 13.9. The lowest BCUT2D eigenvalue weighted by molar-refractivity contribution is -0.124. The summed E-state index contributed by atoms with van der Waals surface area (Å²) in [6.45, 7) is 8.22. The molecule has 1 aliphatic rings. The van der Waals surface area contributed by atoms with Crippen LogP contribution in [0.1, 0.15) is 46.0 Å². The van der Waals surface area contributed by atoms with Gasteiger partial charge in [-0.05, 0) is 58.8 Å². The molecule has 1 atom stereocenters. The van der Waals surface area contributed by atoms with Crippen LogP contribution in [0.25, 0.3) is 0 Å². The maximum atomic E-state index is 11.4. The fourth-order valence-electron chi connectivity index (χ4n) is 2.53. The van der Waals surface area contributed by atoms with Gasteiger partial charge in [-0.2, -0.15) is 0 Å². The number of hydrogen-bond donors (Lipinski definition) is 2. The van der Waals surface area contributed by atoms with Crippen molar-refractivity contribution in [2.45, 2.75) is 51.5 Å². The van der Waals surface area contributed by atoms with E-state index >= 15 is 0 Å². The van der Waals surface area contributed by atoms with Crippen LogP contribution in [0.15, 0.2) is 0 Å². The van der Waals surface area contributed by atoms with Crippen LogP contribution in [0.5, 0.6) is 0 Å². The van der Waals surface area contributed by atoms with Gasteiger partial charge in [0.25, 0.3) is 0 Å². The molecule has 1 unspecified atom stereocenters. The Bertz CT molecular complexity index is 239. The van der Waals surface area contributed by atoms with E-state index in [-0.39, 0.29) is 5.91 Å². The molecule has 1 amide bonds. The van der Waals surface area contributed by atoms with Gasteiger partial charge in [-0.15, -0.1) is 0 Å². The number of nitrogens with zero attached hydrogens (tertiary/aromatic N) is 1. The highest BCUT2D eigenvalue weighted by atomic mass is 16.1. The molecule has 1 heterocycles. The van der Waals surface area contributed by atoms with Gasteiger partial charge in [0.2, 0.25) is 5.91 Å². The number of hydrogen-bond acceptors (Lipinski definition) is 3. The number of nitrogens with two attached hydrogens (primary N) is 1. The highest BCUT2D eigenvalue weighted by molar-refractivity contribution is 5.84. The first kappa shape index (κ1) is 14.5. The third-order valence-electron chi connectivity index (χ3n) is 3.71. The van der Waals surface area contributed by atoms with Crippen molar-refractivity contribution in [3.05, 3.63) is 0 Å². The molecule has 0 aromatic heterocycles. The molecule has 0 aromatic rings. The molecule has 1 aliphatic heterocycles. The second-order valence-corrected chi connectivity index (χ2v) is 5.23. The maximum absolute atomic E-state index is 11.4. The SMILES string of the molecule is CCNC(C)(CCCN1CCCCC1)C(N)=O. The van der Waals surface area contributed by atoms with Crippen molar-refractivity contribution in [3.63, 3.8) is 0 Å². The Kier molecular flexibility index (Phi) is 5.92. The molecule has 1 saturated heterocycles. The van der Waals surface area contributed by atoms with Gasteiger partial charge in [0, 0.05) is 0 Å². The summed E-state index contributed by atoms with van der Waals surface area (Å²) < 4.78 is 0. The number of likely N-dealkylation sites (tertiary alicyclic amines) is 1. The van der Waals surface area contributed by atoms with Crippen molar-refractivity contribution in [1.82, 2.24) is 10.2 Å². The second kappa shape index (κ2) is 6.97. The van der Waals surface area contributed by atoms with Crippen molar-refractivity contribution >= 4 is 5.91 Å². The number of primary amides is 1. The molecule has 0 aromatic carbocycles. The number of carbonyl (C=O) groups is 1. The van der Waals surface area contributed by atoms with Gasteiger partial charge in [0.05, 0.1) is 5.54 Å². The molecule has 17 heavy (non-hydrogen) atoms. The van der Waals surface area contributed by atoms with Gasteiger partial charge in [0.15, 0.2) is 0 Å². The predicted octanol–water partition coefficient (Wildman–Crippen LogP) is 1.11. The lowest BCUT2D eigenvalue weighted by Crippen LogP contribution is -2.53. The van der Waals surface area contributed by atoms with Crippen LogP contribution in [0.4, 0.5) is 0 Å². The number of nitrogens with one attached hydrogen (secondary N) is 1. The lowest BCUT2D eigenvalue weighted by atomic mass is 9.94. The summed E-state index contributed by atoms with van der Waals surface area (Å²) in [6.07, 6.45) is 5.87. The topological polar surface area (TPSA) is 58.4 Å². The lowest BCUT2D eigenvalue weighted by Gasteiger charge is -2.30. The van der Waals surface area contributed by atoms with Crippen molar-refractivity contribution < 1.29 is 4.79 Å². The molecule has 1 rings (SSSR count). The zero-order valence-corrected chi connectivity index (χ0v) is 11.3. The molecule has 4 heteroatoms. The number of carbonyl (C=O) groups excluding carboxylic acids is 1. The van der Waals surface area contributed by atoms with E-state index in [0.29, 0.717) is 0 Å². The van der Waals surface area contributed by atoms with Crippen LogP contribution >= 0.6 is 0 Å². The first-order chi connectivity index (χ1) is 8.08. The molecule has 0 bridgehead atoms. The second-order valence-electron chi connectivity index (χ2n) is 5.23. The van der Waals surface area contributed by atoms with E-state index in [1.807, 2.05) is 13.8 Å². The Balaban J connectivity index is 2.28. The van der Waals surface area contributed by atoms with Gasteiger partial charge in [0.1, 0.15) is 0 Å². The highest BCUT2D eigenvalue weighted by Gasteiger charge is 2.29. The van der Waals surface area contributed by atoms with Gasteiger partial charge in [-0.25, -0.2) is 0 Å². The molecule has 0 aliphatic carbocycles. The van der Waals surface area contributed by atoms with Crippen LogP contribution in [0.3, 0.4) is 0 Å². The third-order valence-corrected chi connectivity index (χ3v) is 3.71. The molecular formula is C13H27N3O. The fraction of sp³-hybridized carbons (Fsp3) is 0.923. The van der Waals surface area contributed by atoms with E-state index in [0.717, 1.165) is 25.9 Å². The number of likely N-dealkylation sites (N-methyl/N-ethyl adjacent to an activating group) is 1. The van der Waals surface area contributed by atoms with E-state index in [4.69, 9.17) is 5.73 Å². The molecule has 4 nitrogen and oxygen atoms in total. The van der Waals surface area contributed by atoms with Crippen molar-refractivity contribution in [1.29, 1.82) is 0 Å².